The van der Waals surface area contributed by atoms with Crippen molar-refractivity contribution in [2.24, 2.45) is 0 Å². The Morgan fingerprint density at radius 3 is 1.08 bits per heavy atom. The number of hydrogen-bond acceptors (Lipinski definition) is 2. The third-order valence-electron chi connectivity index (χ3n) is 3.84. The van der Waals surface area contributed by atoms with E-state index in [1.807, 2.05) is 41.5 Å². The number of hydrogen-bond donors (Lipinski definition) is 1. The lowest BCUT2D eigenvalue weighted by Gasteiger charge is -2.35. The Kier molecular flexibility index (Phi) is 5.86. The van der Waals surface area contributed by atoms with E-state index < -0.39 is 20.9 Å². The first-order valence-corrected chi connectivity index (χ1v) is 10.9. The lowest BCUT2D eigenvalue weighted by atomic mass is 9.75. The normalized spacial score (nSPS) is 14.2. The highest BCUT2D eigenvalue weighted by Crippen LogP contribution is 2.50. The molecule has 0 saturated carbocycles. The van der Waals surface area contributed by atoms with Crippen molar-refractivity contribution < 1.29 is 13.0 Å². The first kappa shape index (κ1) is 22.1. The van der Waals surface area contributed by atoms with Crippen molar-refractivity contribution in [2.75, 3.05) is 0 Å². The van der Waals surface area contributed by atoms with Crippen LogP contribution in [0.25, 0.3) is 0 Å². The fourth-order valence-electron chi connectivity index (χ4n) is 2.93. The molecule has 0 unspecified atom stereocenters. The van der Waals surface area contributed by atoms with E-state index in [1.54, 1.807) is 0 Å². The fraction of sp³-hybridized carbons (Fsp3) is 0.667. The highest BCUT2D eigenvalue weighted by atomic mass is 79.9. The lowest BCUT2D eigenvalue weighted by molar-refractivity contribution is 0.462. The van der Waals surface area contributed by atoms with Gasteiger partial charge in [0.15, 0.2) is 0 Å². The SMILES string of the molecule is CC(C)(C)c1c(Br)c(C(C)(C)C)c(S(=O)(=O)O)c(C(C)(C)C)c1Br. The molecule has 138 valence electrons. The lowest BCUT2D eigenvalue weighted by Crippen LogP contribution is -2.28. The zero-order chi connectivity index (χ0) is 19.5. The van der Waals surface area contributed by atoms with Crippen molar-refractivity contribution in [3.05, 3.63) is 25.6 Å². The van der Waals surface area contributed by atoms with Gasteiger partial charge in [-0.05, 0) is 32.9 Å². The van der Waals surface area contributed by atoms with Crippen molar-refractivity contribution >= 4 is 42.0 Å². The van der Waals surface area contributed by atoms with E-state index in [1.165, 1.54) is 0 Å². The van der Waals surface area contributed by atoms with Crippen LogP contribution in [0.5, 0.6) is 0 Å². The van der Waals surface area contributed by atoms with E-state index >= 15 is 0 Å². The van der Waals surface area contributed by atoms with Gasteiger partial charge in [0.05, 0.1) is 0 Å². The number of rotatable bonds is 1. The van der Waals surface area contributed by atoms with Crippen LogP contribution in [0.3, 0.4) is 0 Å². The van der Waals surface area contributed by atoms with Gasteiger partial charge in [-0.25, -0.2) is 0 Å². The molecule has 3 nitrogen and oxygen atoms in total. The van der Waals surface area contributed by atoms with Gasteiger partial charge in [0.2, 0.25) is 0 Å². The van der Waals surface area contributed by atoms with Crippen molar-refractivity contribution in [1.82, 2.24) is 0 Å². The van der Waals surface area contributed by atoms with Gasteiger partial charge in [0.25, 0.3) is 10.1 Å². The van der Waals surface area contributed by atoms with Crippen LogP contribution >= 0.6 is 31.9 Å². The van der Waals surface area contributed by atoms with Crippen LogP contribution in [0.15, 0.2) is 13.8 Å². The van der Waals surface area contributed by atoms with E-state index in [-0.39, 0.29) is 10.3 Å². The molecule has 0 spiro atoms. The highest BCUT2D eigenvalue weighted by molar-refractivity contribution is 9.11. The second-order valence-corrected chi connectivity index (χ2v) is 12.3. The zero-order valence-electron chi connectivity index (χ0n) is 15.9. The molecule has 0 heterocycles. The van der Waals surface area contributed by atoms with Crippen LogP contribution in [0, 0.1) is 0 Å². The predicted octanol–water partition coefficient (Wildman–Crippen LogP) is 6.35. The molecule has 0 amide bonds. The Balaban J connectivity index is 4.40. The number of halogens is 2. The summed E-state index contributed by atoms with van der Waals surface area (Å²) in [5.41, 5.74) is 1.08. The monoisotopic (exact) mass is 482 g/mol. The van der Waals surface area contributed by atoms with E-state index in [9.17, 15) is 13.0 Å². The van der Waals surface area contributed by atoms with Gasteiger partial charge in [-0.15, -0.1) is 0 Å². The molecule has 6 heteroatoms. The van der Waals surface area contributed by atoms with Gasteiger partial charge in [0.1, 0.15) is 4.90 Å². The summed E-state index contributed by atoms with van der Waals surface area (Å²) in [7, 11) is -4.40. The Morgan fingerprint density at radius 2 is 0.917 bits per heavy atom. The van der Waals surface area contributed by atoms with Crippen molar-refractivity contribution in [1.29, 1.82) is 0 Å². The third-order valence-corrected chi connectivity index (χ3v) is 6.35. The fourth-order valence-corrected chi connectivity index (χ4v) is 7.96. The summed E-state index contributed by atoms with van der Waals surface area (Å²) < 4.78 is 36.2. The van der Waals surface area contributed by atoms with Gasteiger partial charge in [-0.2, -0.15) is 8.42 Å². The average molecular weight is 484 g/mol. The van der Waals surface area contributed by atoms with Crippen LogP contribution in [-0.2, 0) is 26.4 Å². The van der Waals surface area contributed by atoms with Gasteiger partial charge >= 0.3 is 0 Å². The van der Waals surface area contributed by atoms with Crippen LogP contribution in [-0.4, -0.2) is 13.0 Å². The summed E-state index contributed by atoms with van der Waals surface area (Å²) in [6.07, 6.45) is 0. The van der Waals surface area contributed by atoms with E-state index in [4.69, 9.17) is 0 Å². The molecule has 0 fully saturated rings. The molecule has 1 aromatic carbocycles. The molecule has 0 aliphatic heterocycles. The van der Waals surface area contributed by atoms with Crippen LogP contribution in [0.2, 0.25) is 0 Å². The summed E-state index contributed by atoms with van der Waals surface area (Å²) >= 11 is 7.28. The summed E-state index contributed by atoms with van der Waals surface area (Å²) in [4.78, 5) is 0.00856. The molecule has 0 aliphatic carbocycles. The first-order chi connectivity index (χ1) is 10.3. The largest absolute Gasteiger partial charge is 0.295 e. The minimum Gasteiger partial charge on any atom is -0.282 e. The second kappa shape index (κ2) is 6.36. The second-order valence-electron chi connectivity index (χ2n) is 9.31. The van der Waals surface area contributed by atoms with Crippen molar-refractivity contribution in [3.8, 4) is 0 Å². The maximum absolute atomic E-state index is 12.3. The van der Waals surface area contributed by atoms with Crippen molar-refractivity contribution in [3.63, 3.8) is 0 Å². The van der Waals surface area contributed by atoms with Crippen molar-refractivity contribution in [2.45, 2.75) is 83.5 Å². The Morgan fingerprint density at radius 1 is 0.667 bits per heavy atom. The molecule has 0 atom stereocenters. The van der Waals surface area contributed by atoms with Crippen LogP contribution in [0.4, 0.5) is 0 Å². The molecule has 0 aliphatic rings. The molecule has 0 radical (unpaired) electrons. The minimum absolute atomic E-state index is 0.00856. The maximum atomic E-state index is 12.3. The summed E-state index contributed by atoms with van der Waals surface area (Å²) in [5, 5.41) is 0. The van der Waals surface area contributed by atoms with Gasteiger partial charge < -0.3 is 0 Å². The summed E-state index contributed by atoms with van der Waals surface area (Å²) in [5.74, 6) is 0. The highest BCUT2D eigenvalue weighted by Gasteiger charge is 2.39. The third kappa shape index (κ3) is 4.25. The molecule has 0 saturated heterocycles. The standard InChI is InChI=1S/C18H28Br2O3S/c1-16(2,3)10-13(19)11(17(4,5)6)15(24(21,22)23)12(14(10)20)18(7,8)9/h1-9H3,(H,21,22,23). The minimum atomic E-state index is -4.40. The number of benzene rings is 1. The first-order valence-electron chi connectivity index (χ1n) is 7.85. The zero-order valence-corrected chi connectivity index (χ0v) is 19.9. The average Bonchev–Trinajstić information content (AvgIpc) is 2.20. The Hall–Kier alpha value is 0.0900. The van der Waals surface area contributed by atoms with E-state index in [2.05, 4.69) is 52.6 Å². The Bertz CT molecular complexity index is 718. The van der Waals surface area contributed by atoms with Crippen LogP contribution < -0.4 is 0 Å². The molecule has 1 aromatic rings. The van der Waals surface area contributed by atoms with Crippen LogP contribution in [0.1, 0.15) is 79.0 Å². The topological polar surface area (TPSA) is 54.4 Å². The molecule has 24 heavy (non-hydrogen) atoms. The quantitative estimate of drug-likeness (QED) is 0.473. The van der Waals surface area contributed by atoms with Gasteiger partial charge in [-0.1, -0.05) is 94.2 Å². The maximum Gasteiger partial charge on any atom is 0.295 e. The molecule has 1 rings (SSSR count). The summed E-state index contributed by atoms with van der Waals surface area (Å²) in [6, 6.07) is 0. The molecule has 0 aromatic heterocycles. The molecule has 0 bridgehead atoms. The molecular formula is C18H28Br2O3S. The molecular weight excluding hydrogens is 456 g/mol. The summed E-state index contributed by atoms with van der Waals surface area (Å²) in [6.45, 7) is 18.0. The van der Waals surface area contributed by atoms with E-state index in [0.717, 1.165) is 14.5 Å². The smallest absolute Gasteiger partial charge is 0.282 e. The predicted molar refractivity (Wildman–Crippen MR) is 108 cm³/mol. The van der Waals surface area contributed by atoms with Gasteiger partial charge in [-0.3, -0.25) is 4.55 Å². The Labute approximate surface area is 163 Å². The van der Waals surface area contributed by atoms with E-state index in [0.29, 0.717) is 11.1 Å². The molecule has 1 N–H and O–H groups in total. The van der Waals surface area contributed by atoms with Gasteiger partial charge in [0, 0.05) is 8.95 Å².